The summed E-state index contributed by atoms with van der Waals surface area (Å²) in [4.78, 5) is 11.8. The van der Waals surface area contributed by atoms with E-state index in [0.717, 1.165) is 11.1 Å². The molecule has 29 heavy (non-hydrogen) atoms. The molecule has 0 spiro atoms. The molecule has 0 saturated carbocycles. The second-order valence-electron chi connectivity index (χ2n) is 6.15. The minimum Gasteiger partial charge on any atom is -0.503 e. The number of nitrogens with zero attached hydrogens (tertiary/aromatic N) is 1. The average Bonchev–Trinajstić information content (AvgIpc) is 2.77. The normalized spacial score (nSPS) is 10.0. The molecule has 0 radical (unpaired) electrons. The molecule has 2 N–H and O–H groups in total. The highest BCUT2D eigenvalue weighted by atomic mass is 16.5. The quantitative estimate of drug-likeness (QED) is 0.591. The topological polar surface area (TPSA) is 91.6 Å². The number of nitriles is 1. The molecule has 0 aromatic heterocycles. The SMILES string of the molecule is N#Cc1ccc(-c2ccccc2)c(OCCNC(=O)OCc2ccccc2)c1O. The summed E-state index contributed by atoms with van der Waals surface area (Å²) in [5.74, 6) is -0.0183. The van der Waals surface area contributed by atoms with E-state index in [1.165, 1.54) is 0 Å². The Kier molecular flexibility index (Phi) is 6.69. The van der Waals surface area contributed by atoms with Crippen LogP contribution in [-0.2, 0) is 11.3 Å². The first-order chi connectivity index (χ1) is 14.2. The Morgan fingerprint density at radius 2 is 1.69 bits per heavy atom. The number of phenolic OH excluding ortho intramolecular Hbond substituents is 1. The summed E-state index contributed by atoms with van der Waals surface area (Å²) in [7, 11) is 0. The highest BCUT2D eigenvalue weighted by molar-refractivity contribution is 5.76. The summed E-state index contributed by atoms with van der Waals surface area (Å²) in [5.41, 5.74) is 2.52. The lowest BCUT2D eigenvalue weighted by molar-refractivity contribution is 0.137. The number of rotatable bonds is 7. The lowest BCUT2D eigenvalue weighted by Crippen LogP contribution is -2.28. The summed E-state index contributed by atoms with van der Waals surface area (Å²) in [5, 5.41) is 22.2. The van der Waals surface area contributed by atoms with Crippen LogP contribution in [0.3, 0.4) is 0 Å². The second kappa shape index (κ2) is 9.81. The summed E-state index contributed by atoms with van der Waals surface area (Å²) >= 11 is 0. The number of ether oxygens (including phenoxy) is 2. The van der Waals surface area contributed by atoms with Crippen LogP contribution in [0.2, 0.25) is 0 Å². The number of phenols is 1. The zero-order valence-corrected chi connectivity index (χ0v) is 15.7. The molecule has 0 bridgehead atoms. The van der Waals surface area contributed by atoms with E-state index in [4.69, 9.17) is 14.7 Å². The Morgan fingerprint density at radius 1 is 1.00 bits per heavy atom. The molecule has 0 heterocycles. The van der Waals surface area contributed by atoms with Gasteiger partial charge in [0.05, 0.1) is 12.1 Å². The predicted octanol–water partition coefficient (Wildman–Crippen LogP) is 4.24. The van der Waals surface area contributed by atoms with Gasteiger partial charge in [-0.2, -0.15) is 5.26 Å². The number of carbonyl (C=O) groups excluding carboxylic acids is 1. The van der Waals surface area contributed by atoms with Gasteiger partial charge in [0.25, 0.3) is 0 Å². The summed E-state index contributed by atoms with van der Waals surface area (Å²) < 4.78 is 10.8. The van der Waals surface area contributed by atoms with Crippen LogP contribution in [0.1, 0.15) is 11.1 Å². The third-order valence-corrected chi connectivity index (χ3v) is 4.17. The van der Waals surface area contributed by atoms with Gasteiger partial charge in [0.2, 0.25) is 0 Å². The van der Waals surface area contributed by atoms with Crippen molar-refractivity contribution in [3.63, 3.8) is 0 Å². The minimum atomic E-state index is -0.560. The number of alkyl carbamates (subject to hydrolysis) is 1. The van der Waals surface area contributed by atoms with Gasteiger partial charge in [0.1, 0.15) is 19.3 Å². The van der Waals surface area contributed by atoms with Crippen LogP contribution in [0, 0.1) is 11.3 Å². The molecular weight excluding hydrogens is 368 g/mol. The molecule has 3 aromatic rings. The van der Waals surface area contributed by atoms with Crippen LogP contribution in [-0.4, -0.2) is 24.4 Å². The molecule has 3 aromatic carbocycles. The van der Waals surface area contributed by atoms with Crippen molar-refractivity contribution in [2.75, 3.05) is 13.2 Å². The third kappa shape index (κ3) is 5.27. The molecule has 0 atom stereocenters. The van der Waals surface area contributed by atoms with E-state index in [1.807, 2.05) is 66.7 Å². The van der Waals surface area contributed by atoms with Crippen LogP contribution >= 0.6 is 0 Å². The molecule has 0 aliphatic rings. The molecule has 0 aliphatic carbocycles. The highest BCUT2D eigenvalue weighted by Crippen LogP contribution is 2.39. The maximum Gasteiger partial charge on any atom is 0.407 e. The van der Waals surface area contributed by atoms with Crippen LogP contribution in [0.25, 0.3) is 11.1 Å². The molecule has 1 amide bonds. The van der Waals surface area contributed by atoms with E-state index in [1.54, 1.807) is 12.1 Å². The van der Waals surface area contributed by atoms with Crippen molar-refractivity contribution in [1.29, 1.82) is 5.26 Å². The first kappa shape index (κ1) is 19.8. The smallest absolute Gasteiger partial charge is 0.407 e. The Bertz CT molecular complexity index is 999. The lowest BCUT2D eigenvalue weighted by Gasteiger charge is -2.14. The molecule has 0 aliphatic heterocycles. The fourth-order valence-corrected chi connectivity index (χ4v) is 2.73. The van der Waals surface area contributed by atoms with Gasteiger partial charge in [-0.3, -0.25) is 0 Å². The van der Waals surface area contributed by atoms with E-state index in [9.17, 15) is 9.90 Å². The molecule has 0 unspecified atom stereocenters. The third-order valence-electron chi connectivity index (χ3n) is 4.17. The maximum absolute atomic E-state index is 11.8. The van der Waals surface area contributed by atoms with Gasteiger partial charge in [0.15, 0.2) is 11.5 Å². The van der Waals surface area contributed by atoms with Gasteiger partial charge < -0.3 is 19.9 Å². The van der Waals surface area contributed by atoms with Crippen LogP contribution in [0.15, 0.2) is 72.8 Å². The van der Waals surface area contributed by atoms with Crippen molar-refractivity contribution < 1.29 is 19.4 Å². The van der Waals surface area contributed by atoms with E-state index in [0.29, 0.717) is 5.56 Å². The first-order valence-corrected chi connectivity index (χ1v) is 9.08. The van der Waals surface area contributed by atoms with E-state index in [2.05, 4.69) is 5.32 Å². The second-order valence-corrected chi connectivity index (χ2v) is 6.15. The van der Waals surface area contributed by atoms with E-state index in [-0.39, 0.29) is 36.8 Å². The van der Waals surface area contributed by atoms with Gasteiger partial charge in [0, 0.05) is 5.56 Å². The fourth-order valence-electron chi connectivity index (χ4n) is 2.73. The zero-order valence-electron chi connectivity index (χ0n) is 15.7. The number of hydrogen-bond donors (Lipinski definition) is 2. The molecule has 6 heteroatoms. The summed E-state index contributed by atoms with van der Waals surface area (Å²) in [6.45, 7) is 0.456. The highest BCUT2D eigenvalue weighted by Gasteiger charge is 2.15. The predicted molar refractivity (Wildman–Crippen MR) is 108 cm³/mol. The molecule has 0 fully saturated rings. The van der Waals surface area contributed by atoms with E-state index < -0.39 is 6.09 Å². The van der Waals surface area contributed by atoms with Gasteiger partial charge >= 0.3 is 6.09 Å². The number of benzene rings is 3. The van der Waals surface area contributed by atoms with Gasteiger partial charge in [-0.1, -0.05) is 60.7 Å². The van der Waals surface area contributed by atoms with Gasteiger partial charge in [-0.15, -0.1) is 0 Å². The Labute approximate surface area is 168 Å². The Morgan fingerprint density at radius 3 is 2.38 bits per heavy atom. The Balaban J connectivity index is 1.58. The molecule has 0 saturated heterocycles. The van der Waals surface area contributed by atoms with Gasteiger partial charge in [-0.25, -0.2) is 4.79 Å². The number of hydrogen-bond acceptors (Lipinski definition) is 5. The number of amides is 1. The largest absolute Gasteiger partial charge is 0.503 e. The average molecular weight is 388 g/mol. The summed E-state index contributed by atoms with van der Waals surface area (Å²) in [6.07, 6.45) is -0.560. The fraction of sp³-hybridized carbons (Fsp3) is 0.130. The van der Waals surface area contributed by atoms with Crippen molar-refractivity contribution in [3.8, 4) is 28.7 Å². The van der Waals surface area contributed by atoms with Crippen molar-refractivity contribution in [2.45, 2.75) is 6.61 Å². The van der Waals surface area contributed by atoms with Crippen LogP contribution in [0.5, 0.6) is 11.5 Å². The van der Waals surface area contributed by atoms with Crippen molar-refractivity contribution in [1.82, 2.24) is 5.32 Å². The molecule has 146 valence electrons. The molecular formula is C23H20N2O4. The van der Waals surface area contributed by atoms with Crippen molar-refractivity contribution in [2.24, 2.45) is 0 Å². The minimum absolute atomic E-state index is 0.0999. The molecule has 6 nitrogen and oxygen atoms in total. The molecule has 3 rings (SSSR count). The Hall–Kier alpha value is -3.98. The summed E-state index contributed by atoms with van der Waals surface area (Å²) in [6, 6.07) is 24.0. The van der Waals surface area contributed by atoms with Gasteiger partial charge in [-0.05, 0) is 23.3 Å². The number of nitrogens with one attached hydrogen (secondary N) is 1. The standard InChI is InChI=1S/C23H20N2O4/c24-15-19-11-12-20(18-9-5-2-6-10-18)22(21(19)26)28-14-13-25-23(27)29-16-17-7-3-1-4-8-17/h1-12,26H,13-14,16H2,(H,25,27). The van der Waals surface area contributed by atoms with Crippen LogP contribution < -0.4 is 10.1 Å². The maximum atomic E-state index is 11.8. The van der Waals surface area contributed by atoms with Crippen LogP contribution in [0.4, 0.5) is 4.79 Å². The first-order valence-electron chi connectivity index (χ1n) is 9.08. The van der Waals surface area contributed by atoms with Crippen molar-refractivity contribution >= 4 is 6.09 Å². The monoisotopic (exact) mass is 388 g/mol. The zero-order chi connectivity index (χ0) is 20.5. The van der Waals surface area contributed by atoms with E-state index >= 15 is 0 Å². The number of aromatic hydroxyl groups is 1. The lowest BCUT2D eigenvalue weighted by atomic mass is 10.0. The van der Waals surface area contributed by atoms with Crippen molar-refractivity contribution in [3.05, 3.63) is 83.9 Å². The number of carbonyl (C=O) groups is 1.